The zero-order valence-corrected chi connectivity index (χ0v) is 13.4. The van der Waals surface area contributed by atoms with Gasteiger partial charge in [-0.15, -0.1) is 0 Å². The van der Waals surface area contributed by atoms with Crippen LogP contribution in [0, 0.1) is 0 Å². The van der Waals surface area contributed by atoms with Gasteiger partial charge in [-0.1, -0.05) is 41.4 Å². The van der Waals surface area contributed by atoms with Crippen LogP contribution in [0.4, 0.5) is 28.7 Å². The standard InChI is InChI=1S/C16H13Cl2N5/c17-10-6-7-13(12(18)8-10)23-16-14(19)15(20-9-21-16)22-11-4-2-1-3-5-11/h1-9H,19H2,(H2,20,21,22,23). The van der Waals surface area contributed by atoms with Crippen molar-refractivity contribution in [3.63, 3.8) is 0 Å². The molecule has 1 heterocycles. The van der Waals surface area contributed by atoms with E-state index in [1.54, 1.807) is 18.2 Å². The largest absolute Gasteiger partial charge is 0.393 e. The monoisotopic (exact) mass is 345 g/mol. The van der Waals surface area contributed by atoms with Gasteiger partial charge in [0.15, 0.2) is 11.6 Å². The van der Waals surface area contributed by atoms with E-state index in [1.807, 2.05) is 30.3 Å². The minimum Gasteiger partial charge on any atom is -0.393 e. The second-order valence-electron chi connectivity index (χ2n) is 4.72. The quantitative estimate of drug-likeness (QED) is 0.629. The fourth-order valence-electron chi connectivity index (χ4n) is 1.97. The lowest BCUT2D eigenvalue weighted by atomic mass is 10.3. The van der Waals surface area contributed by atoms with Crippen molar-refractivity contribution < 1.29 is 0 Å². The Morgan fingerprint density at radius 1 is 0.870 bits per heavy atom. The number of hydrogen-bond acceptors (Lipinski definition) is 5. The second kappa shape index (κ2) is 6.73. The van der Waals surface area contributed by atoms with Crippen LogP contribution in [0.15, 0.2) is 54.9 Å². The molecule has 0 unspecified atom stereocenters. The second-order valence-corrected chi connectivity index (χ2v) is 5.57. The molecule has 0 amide bonds. The lowest BCUT2D eigenvalue weighted by Gasteiger charge is -2.13. The minimum atomic E-state index is 0.391. The number of nitrogens with zero attached hydrogens (tertiary/aromatic N) is 2. The highest BCUT2D eigenvalue weighted by atomic mass is 35.5. The van der Waals surface area contributed by atoms with Crippen LogP contribution in [0.2, 0.25) is 10.0 Å². The topological polar surface area (TPSA) is 75.9 Å². The number of aromatic nitrogens is 2. The Bertz CT molecular complexity index is 824. The molecule has 0 aliphatic carbocycles. The molecule has 5 nitrogen and oxygen atoms in total. The first-order chi connectivity index (χ1) is 11.1. The van der Waals surface area contributed by atoms with Crippen LogP contribution in [0.5, 0.6) is 0 Å². The van der Waals surface area contributed by atoms with Gasteiger partial charge in [-0.3, -0.25) is 0 Å². The molecule has 0 atom stereocenters. The third-order valence-corrected chi connectivity index (χ3v) is 3.65. The van der Waals surface area contributed by atoms with Gasteiger partial charge in [0.05, 0.1) is 10.7 Å². The van der Waals surface area contributed by atoms with Gasteiger partial charge in [0.25, 0.3) is 0 Å². The van der Waals surface area contributed by atoms with Crippen LogP contribution in [0.1, 0.15) is 0 Å². The summed E-state index contributed by atoms with van der Waals surface area (Å²) < 4.78 is 0. The smallest absolute Gasteiger partial charge is 0.159 e. The first-order valence-corrected chi connectivity index (χ1v) is 7.53. The predicted molar refractivity (Wildman–Crippen MR) is 95.9 cm³/mol. The number of anilines is 5. The molecule has 0 bridgehead atoms. The van der Waals surface area contributed by atoms with Crippen molar-refractivity contribution in [2.24, 2.45) is 0 Å². The number of rotatable bonds is 4. The lowest BCUT2D eigenvalue weighted by molar-refractivity contribution is 1.17. The summed E-state index contributed by atoms with van der Waals surface area (Å²) in [5.74, 6) is 0.974. The summed E-state index contributed by atoms with van der Waals surface area (Å²) in [7, 11) is 0. The molecule has 0 fully saturated rings. The first-order valence-electron chi connectivity index (χ1n) is 6.78. The summed E-state index contributed by atoms with van der Waals surface area (Å²) in [6.45, 7) is 0. The summed E-state index contributed by atoms with van der Waals surface area (Å²) in [5.41, 5.74) is 8.07. The molecule has 0 aliphatic heterocycles. The highest BCUT2D eigenvalue weighted by molar-refractivity contribution is 6.36. The van der Waals surface area contributed by atoms with Crippen molar-refractivity contribution in [3.8, 4) is 0 Å². The van der Waals surface area contributed by atoms with Crippen molar-refractivity contribution in [1.82, 2.24) is 9.97 Å². The molecule has 1 aromatic heterocycles. The summed E-state index contributed by atoms with van der Waals surface area (Å²) in [5, 5.41) is 7.28. The molecule has 0 saturated carbocycles. The molecular weight excluding hydrogens is 333 g/mol. The highest BCUT2D eigenvalue weighted by Crippen LogP contribution is 2.32. The van der Waals surface area contributed by atoms with Crippen LogP contribution in [-0.4, -0.2) is 9.97 Å². The van der Waals surface area contributed by atoms with Crippen molar-refractivity contribution in [1.29, 1.82) is 0 Å². The highest BCUT2D eigenvalue weighted by Gasteiger charge is 2.10. The number of nitrogens with two attached hydrogens (primary N) is 1. The number of hydrogen-bond donors (Lipinski definition) is 3. The van der Waals surface area contributed by atoms with Gasteiger partial charge in [-0.05, 0) is 30.3 Å². The van der Waals surface area contributed by atoms with Gasteiger partial charge in [0.2, 0.25) is 0 Å². The van der Waals surface area contributed by atoms with Gasteiger partial charge in [-0.2, -0.15) is 0 Å². The Hall–Kier alpha value is -2.50. The van der Waals surface area contributed by atoms with E-state index < -0.39 is 0 Å². The fourth-order valence-corrected chi connectivity index (χ4v) is 2.43. The lowest BCUT2D eigenvalue weighted by Crippen LogP contribution is -2.05. The van der Waals surface area contributed by atoms with Gasteiger partial charge in [-0.25, -0.2) is 9.97 Å². The normalized spacial score (nSPS) is 10.3. The van der Waals surface area contributed by atoms with Crippen molar-refractivity contribution >= 4 is 51.9 Å². The third kappa shape index (κ3) is 3.64. The minimum absolute atomic E-state index is 0.391. The van der Waals surface area contributed by atoms with E-state index in [2.05, 4.69) is 20.6 Å². The van der Waals surface area contributed by atoms with Crippen LogP contribution in [-0.2, 0) is 0 Å². The molecule has 2 aromatic carbocycles. The van der Waals surface area contributed by atoms with Crippen LogP contribution in [0.3, 0.4) is 0 Å². The Labute approximate surface area is 143 Å². The number of nitrogens with one attached hydrogen (secondary N) is 2. The van der Waals surface area contributed by atoms with E-state index in [9.17, 15) is 0 Å². The molecule has 0 aliphatic rings. The maximum atomic E-state index is 6.15. The average molecular weight is 346 g/mol. The number of benzene rings is 2. The van der Waals surface area contributed by atoms with Crippen molar-refractivity contribution in [3.05, 3.63) is 64.9 Å². The third-order valence-electron chi connectivity index (χ3n) is 3.10. The fraction of sp³-hybridized carbons (Fsp3) is 0. The summed E-state index contributed by atoms with van der Waals surface area (Å²) >= 11 is 12.0. The summed E-state index contributed by atoms with van der Waals surface area (Å²) in [6.07, 6.45) is 1.42. The molecule has 7 heteroatoms. The van der Waals surface area contributed by atoms with Crippen LogP contribution >= 0.6 is 23.2 Å². The van der Waals surface area contributed by atoms with Gasteiger partial charge >= 0.3 is 0 Å². The maximum Gasteiger partial charge on any atom is 0.159 e. The maximum absolute atomic E-state index is 6.15. The van der Waals surface area contributed by atoms with E-state index >= 15 is 0 Å². The predicted octanol–water partition coefficient (Wildman–Crippen LogP) is 4.85. The van der Waals surface area contributed by atoms with E-state index in [4.69, 9.17) is 28.9 Å². The Morgan fingerprint density at radius 3 is 2.26 bits per heavy atom. The van der Waals surface area contributed by atoms with E-state index in [0.717, 1.165) is 5.69 Å². The summed E-state index contributed by atoms with van der Waals surface area (Å²) in [4.78, 5) is 8.33. The zero-order chi connectivity index (χ0) is 16.2. The molecule has 3 rings (SSSR count). The molecule has 23 heavy (non-hydrogen) atoms. The Morgan fingerprint density at radius 2 is 1.57 bits per heavy atom. The average Bonchev–Trinajstić information content (AvgIpc) is 2.54. The Balaban J connectivity index is 1.87. The molecule has 116 valence electrons. The number of para-hydroxylation sites is 1. The number of halogens is 2. The zero-order valence-electron chi connectivity index (χ0n) is 11.9. The molecule has 0 radical (unpaired) electrons. The molecular formula is C16H13Cl2N5. The van der Waals surface area contributed by atoms with Gasteiger partial charge < -0.3 is 16.4 Å². The molecule has 4 N–H and O–H groups in total. The van der Waals surface area contributed by atoms with Crippen LogP contribution in [0.25, 0.3) is 0 Å². The SMILES string of the molecule is Nc1c(Nc2ccccc2)ncnc1Nc1ccc(Cl)cc1Cl. The molecule has 0 spiro atoms. The van der Waals surface area contributed by atoms with E-state index in [1.165, 1.54) is 6.33 Å². The van der Waals surface area contributed by atoms with E-state index in [-0.39, 0.29) is 0 Å². The van der Waals surface area contributed by atoms with Crippen molar-refractivity contribution in [2.75, 3.05) is 16.4 Å². The van der Waals surface area contributed by atoms with Gasteiger partial charge in [0.1, 0.15) is 12.0 Å². The molecule has 0 saturated heterocycles. The van der Waals surface area contributed by atoms with Gasteiger partial charge in [0, 0.05) is 10.7 Å². The van der Waals surface area contributed by atoms with E-state index in [0.29, 0.717) is 33.1 Å². The summed E-state index contributed by atoms with van der Waals surface area (Å²) in [6, 6.07) is 14.8. The first kappa shape index (κ1) is 15.4. The number of nitrogen functional groups attached to an aromatic ring is 1. The molecule has 3 aromatic rings. The van der Waals surface area contributed by atoms with Crippen molar-refractivity contribution in [2.45, 2.75) is 0 Å². The Kier molecular flexibility index (Phi) is 4.50. The van der Waals surface area contributed by atoms with Crippen LogP contribution < -0.4 is 16.4 Å².